The molecule has 0 fully saturated rings. The lowest BCUT2D eigenvalue weighted by atomic mass is 10.3. The summed E-state index contributed by atoms with van der Waals surface area (Å²) in [5, 5.41) is 7.00. The normalized spacial score (nSPS) is 6.00. The summed E-state index contributed by atoms with van der Waals surface area (Å²) in [6.07, 6.45) is 1.25. The standard InChI is InChI=1S/C4H10.C3H8.CH4O.CH4/c1-4(2)3;1-3-2;1-2;/h4H,1-3H3;3H2,1-2H3;2H,1H3;1H4. The lowest BCUT2D eigenvalue weighted by molar-refractivity contribution is 0.399. The Kier molecular flexibility index (Phi) is 81.5. The highest BCUT2D eigenvalue weighted by Gasteiger charge is 1.68. The van der Waals surface area contributed by atoms with Gasteiger partial charge in [-0.1, -0.05) is 48.5 Å². The van der Waals surface area contributed by atoms with Crippen molar-refractivity contribution in [2.45, 2.75) is 48.5 Å². The van der Waals surface area contributed by atoms with E-state index in [0.29, 0.717) is 0 Å². The Morgan fingerprint density at radius 3 is 1.00 bits per heavy atom. The van der Waals surface area contributed by atoms with Crippen LogP contribution >= 0.6 is 0 Å². The molecule has 1 heteroatoms. The van der Waals surface area contributed by atoms with Crippen LogP contribution in [0.15, 0.2) is 0 Å². The van der Waals surface area contributed by atoms with Crippen LogP contribution in [0.5, 0.6) is 0 Å². The molecule has 0 rings (SSSR count). The predicted molar refractivity (Wildman–Crippen MR) is 51.4 cm³/mol. The maximum atomic E-state index is 7.00. The Bertz CT molecular complexity index is 15.9. The molecule has 0 aliphatic carbocycles. The molecule has 10 heavy (non-hydrogen) atoms. The molecule has 68 valence electrons. The van der Waals surface area contributed by atoms with Gasteiger partial charge in [0, 0.05) is 7.11 Å². The van der Waals surface area contributed by atoms with Crippen molar-refractivity contribution in [3.05, 3.63) is 0 Å². The maximum Gasteiger partial charge on any atom is 0.0319 e. The number of hydrogen-bond donors (Lipinski definition) is 1. The van der Waals surface area contributed by atoms with E-state index in [9.17, 15) is 0 Å². The van der Waals surface area contributed by atoms with Gasteiger partial charge in [-0.15, -0.1) is 0 Å². The van der Waals surface area contributed by atoms with Crippen LogP contribution in [0.4, 0.5) is 0 Å². The molecule has 0 heterocycles. The van der Waals surface area contributed by atoms with Gasteiger partial charge >= 0.3 is 0 Å². The zero-order valence-electron chi connectivity index (χ0n) is 7.73. The first-order valence-electron chi connectivity index (χ1n) is 3.59. The maximum absolute atomic E-state index is 7.00. The van der Waals surface area contributed by atoms with Gasteiger partial charge in [0.15, 0.2) is 0 Å². The number of hydrogen-bond acceptors (Lipinski definition) is 1. The zero-order valence-corrected chi connectivity index (χ0v) is 7.73. The summed E-state index contributed by atoms with van der Waals surface area (Å²) in [4.78, 5) is 0. The third kappa shape index (κ3) is 241000. The molecule has 0 amide bonds. The van der Waals surface area contributed by atoms with Crippen molar-refractivity contribution < 1.29 is 5.11 Å². The van der Waals surface area contributed by atoms with Gasteiger partial charge in [0.2, 0.25) is 0 Å². The van der Waals surface area contributed by atoms with Gasteiger partial charge in [0.05, 0.1) is 0 Å². The van der Waals surface area contributed by atoms with E-state index >= 15 is 0 Å². The zero-order chi connectivity index (χ0) is 8.28. The molecule has 0 saturated heterocycles. The Morgan fingerprint density at radius 2 is 1.00 bits per heavy atom. The summed E-state index contributed by atoms with van der Waals surface area (Å²) in [5.74, 6) is 0.833. The topological polar surface area (TPSA) is 20.2 Å². The average molecular weight is 150 g/mol. The predicted octanol–water partition coefficient (Wildman–Crippen LogP) is 3.32. The molecule has 0 unspecified atom stereocenters. The lowest BCUT2D eigenvalue weighted by Crippen LogP contribution is -1.66. The SMILES string of the molecule is C.CC(C)C.CCC.CO. The minimum Gasteiger partial charge on any atom is -0.400 e. The van der Waals surface area contributed by atoms with Crippen LogP contribution in [0.2, 0.25) is 0 Å². The summed E-state index contributed by atoms with van der Waals surface area (Å²) in [5.41, 5.74) is 0. The second kappa shape index (κ2) is 36.2. The van der Waals surface area contributed by atoms with Gasteiger partial charge in [-0.3, -0.25) is 0 Å². The molecule has 0 radical (unpaired) electrons. The fourth-order valence-corrected chi connectivity index (χ4v) is 0. The van der Waals surface area contributed by atoms with Gasteiger partial charge < -0.3 is 5.11 Å². The first-order valence-corrected chi connectivity index (χ1v) is 3.59. The minimum atomic E-state index is 0. The molecule has 0 aliphatic rings. The molecule has 0 saturated carbocycles. The monoisotopic (exact) mass is 150 g/mol. The summed E-state index contributed by atoms with van der Waals surface area (Å²) in [6, 6.07) is 0. The van der Waals surface area contributed by atoms with Crippen molar-refractivity contribution in [1.29, 1.82) is 0 Å². The summed E-state index contributed by atoms with van der Waals surface area (Å²) in [6.45, 7) is 10.8. The second-order valence-electron chi connectivity index (χ2n) is 2.44. The van der Waals surface area contributed by atoms with E-state index in [2.05, 4.69) is 34.6 Å². The van der Waals surface area contributed by atoms with Crippen molar-refractivity contribution in [3.63, 3.8) is 0 Å². The van der Waals surface area contributed by atoms with Crippen molar-refractivity contribution in [1.82, 2.24) is 0 Å². The molecule has 0 aromatic rings. The summed E-state index contributed by atoms with van der Waals surface area (Å²) in [7, 11) is 1.00. The molecular weight excluding hydrogens is 124 g/mol. The number of rotatable bonds is 0. The molecule has 0 spiro atoms. The van der Waals surface area contributed by atoms with Crippen molar-refractivity contribution in [2.75, 3.05) is 7.11 Å². The summed E-state index contributed by atoms with van der Waals surface area (Å²) < 4.78 is 0. The molecule has 0 aromatic carbocycles. The van der Waals surface area contributed by atoms with Crippen molar-refractivity contribution in [3.8, 4) is 0 Å². The Labute approximate surface area is 67.5 Å². The van der Waals surface area contributed by atoms with E-state index in [4.69, 9.17) is 5.11 Å². The van der Waals surface area contributed by atoms with E-state index in [-0.39, 0.29) is 7.43 Å². The number of aliphatic hydroxyl groups excluding tert-OH is 1. The fourth-order valence-electron chi connectivity index (χ4n) is 0. The molecular formula is C9H26O. The second-order valence-corrected chi connectivity index (χ2v) is 2.44. The van der Waals surface area contributed by atoms with E-state index in [0.717, 1.165) is 13.0 Å². The number of aliphatic hydroxyl groups is 1. The highest BCUT2D eigenvalue weighted by atomic mass is 16.2. The largest absolute Gasteiger partial charge is 0.400 e. The van der Waals surface area contributed by atoms with Crippen molar-refractivity contribution in [2.24, 2.45) is 5.92 Å². The lowest BCUT2D eigenvalue weighted by Gasteiger charge is -1.79. The first kappa shape index (κ1) is 22.5. The van der Waals surface area contributed by atoms with Gasteiger partial charge in [-0.05, 0) is 5.92 Å². The Morgan fingerprint density at radius 1 is 1.00 bits per heavy atom. The highest BCUT2D eigenvalue weighted by Crippen LogP contribution is 1.81. The molecule has 1 nitrogen and oxygen atoms in total. The highest BCUT2D eigenvalue weighted by molar-refractivity contribution is 4.20. The van der Waals surface area contributed by atoms with Crippen LogP contribution < -0.4 is 0 Å². The molecule has 0 bridgehead atoms. The van der Waals surface area contributed by atoms with Gasteiger partial charge in [-0.2, -0.15) is 0 Å². The van der Waals surface area contributed by atoms with Crippen LogP contribution in [0, 0.1) is 5.92 Å². The van der Waals surface area contributed by atoms with Crippen molar-refractivity contribution >= 4 is 0 Å². The van der Waals surface area contributed by atoms with E-state index in [1.165, 1.54) is 6.42 Å². The summed E-state index contributed by atoms with van der Waals surface area (Å²) >= 11 is 0. The fraction of sp³-hybridized carbons (Fsp3) is 1.00. The van der Waals surface area contributed by atoms with Crippen LogP contribution in [0.3, 0.4) is 0 Å². The molecule has 1 N–H and O–H groups in total. The van der Waals surface area contributed by atoms with E-state index in [1.54, 1.807) is 0 Å². The van der Waals surface area contributed by atoms with Gasteiger partial charge in [0.25, 0.3) is 0 Å². The molecule has 0 atom stereocenters. The smallest absolute Gasteiger partial charge is 0.0319 e. The third-order valence-electron chi connectivity index (χ3n) is 0. The quantitative estimate of drug-likeness (QED) is 0.561. The minimum absolute atomic E-state index is 0. The first-order chi connectivity index (χ1) is 4.15. The average Bonchev–Trinajstić information content (AvgIpc) is 1.71. The van der Waals surface area contributed by atoms with E-state index in [1.807, 2.05) is 0 Å². The van der Waals surface area contributed by atoms with Crippen LogP contribution in [0.25, 0.3) is 0 Å². The van der Waals surface area contributed by atoms with Gasteiger partial charge in [-0.25, -0.2) is 0 Å². The van der Waals surface area contributed by atoms with Crippen LogP contribution in [-0.2, 0) is 0 Å². The van der Waals surface area contributed by atoms with E-state index < -0.39 is 0 Å². The Balaban J connectivity index is -0.0000000273. The Hall–Kier alpha value is -0.0400. The van der Waals surface area contributed by atoms with Crippen LogP contribution in [-0.4, -0.2) is 12.2 Å². The molecule has 0 aromatic heterocycles. The van der Waals surface area contributed by atoms with Gasteiger partial charge in [0.1, 0.15) is 0 Å². The van der Waals surface area contributed by atoms with Crippen LogP contribution in [0.1, 0.15) is 48.5 Å². The molecule has 0 aliphatic heterocycles. The third-order valence-corrected chi connectivity index (χ3v) is 0.